The molecule has 6 rings (SSSR count). The van der Waals surface area contributed by atoms with E-state index in [0.29, 0.717) is 0 Å². The van der Waals surface area contributed by atoms with Crippen molar-refractivity contribution in [2.45, 2.75) is 19.3 Å². The second-order valence-electron chi connectivity index (χ2n) is 8.48. The molecular weight excluding hydrogens is 409 g/mol. The zero-order chi connectivity index (χ0) is 20.6. The van der Waals surface area contributed by atoms with Crippen LogP contribution in [0.15, 0.2) is 78.9 Å². The molecule has 0 saturated heterocycles. The number of benzene rings is 4. The molecule has 146 valence electrons. The van der Waals surface area contributed by atoms with Crippen LogP contribution in [0.4, 0.5) is 0 Å². The molecule has 1 aliphatic rings. The molecule has 0 amide bonds. The minimum absolute atomic E-state index is 0.168. The molecule has 5 aromatic rings. The Labute approximate surface area is 185 Å². The Hall–Kier alpha value is -2.74. The van der Waals surface area contributed by atoms with Gasteiger partial charge in [-0.2, -0.15) is 0 Å². The molecule has 0 fully saturated rings. The number of hydrogen-bond acceptors (Lipinski definition) is 0. The monoisotopic (exact) mass is 427 g/mol. The number of rotatable bonds is 1. The lowest BCUT2D eigenvalue weighted by atomic mass is 9.82. The minimum atomic E-state index is -0.168. The summed E-state index contributed by atoms with van der Waals surface area (Å²) in [5, 5.41) is 4.01. The number of nitrogens with zero attached hydrogens (tertiary/aromatic N) is 1. The van der Waals surface area contributed by atoms with Gasteiger partial charge in [-0.15, -0.1) is 0 Å². The summed E-state index contributed by atoms with van der Waals surface area (Å²) < 4.78 is 2.32. The van der Waals surface area contributed by atoms with E-state index in [9.17, 15) is 0 Å². The summed E-state index contributed by atoms with van der Waals surface area (Å²) in [4.78, 5) is 0. The van der Waals surface area contributed by atoms with Crippen LogP contribution in [-0.2, 0) is 5.41 Å². The lowest BCUT2D eigenvalue weighted by molar-refractivity contribution is 0.661. The van der Waals surface area contributed by atoms with Crippen LogP contribution in [0.5, 0.6) is 0 Å². The largest absolute Gasteiger partial charge is 0.307 e. The Bertz CT molecular complexity index is 1490. The zero-order valence-corrected chi connectivity index (χ0v) is 18.2. The maximum Gasteiger partial charge on any atom is 0.0648 e. The molecule has 1 nitrogen and oxygen atoms in total. The first-order valence-electron chi connectivity index (χ1n) is 10.1. The van der Waals surface area contributed by atoms with Crippen LogP contribution in [0.3, 0.4) is 0 Å². The summed E-state index contributed by atoms with van der Waals surface area (Å²) in [7, 11) is 0. The van der Waals surface area contributed by atoms with Crippen molar-refractivity contribution in [2.75, 3.05) is 0 Å². The first-order chi connectivity index (χ1) is 14.5. The number of aromatic nitrogens is 1. The molecule has 0 spiro atoms. The summed E-state index contributed by atoms with van der Waals surface area (Å²) in [6, 6.07) is 27.4. The normalized spacial score (nSPS) is 14.3. The Balaban J connectivity index is 1.89. The van der Waals surface area contributed by atoms with E-state index < -0.39 is 0 Å². The molecule has 0 saturated carbocycles. The van der Waals surface area contributed by atoms with Crippen molar-refractivity contribution < 1.29 is 0 Å². The van der Waals surface area contributed by atoms with Gasteiger partial charge in [-0.05, 0) is 41.0 Å². The number of para-hydroxylation sites is 2. The quantitative estimate of drug-likeness (QED) is 0.253. The molecule has 0 bridgehead atoms. The van der Waals surface area contributed by atoms with E-state index in [-0.39, 0.29) is 5.41 Å². The van der Waals surface area contributed by atoms with E-state index in [2.05, 4.69) is 66.9 Å². The standard InChI is InChI=1S/C27H19Cl2N/c1-27(2)19-15-14-17-16-8-3-5-12-22(16)30(23-13-6-4-10-20(23)28)26(17)24(19)18-9-7-11-21(29)25(18)27/h3-15H,1-2H3. The van der Waals surface area contributed by atoms with Crippen LogP contribution in [0.2, 0.25) is 10.0 Å². The highest BCUT2D eigenvalue weighted by molar-refractivity contribution is 6.33. The second-order valence-corrected chi connectivity index (χ2v) is 9.29. The lowest BCUT2D eigenvalue weighted by Crippen LogP contribution is -2.15. The molecule has 1 aromatic heterocycles. The molecule has 30 heavy (non-hydrogen) atoms. The van der Waals surface area contributed by atoms with Gasteiger partial charge in [0.15, 0.2) is 0 Å². The van der Waals surface area contributed by atoms with Crippen molar-refractivity contribution in [1.29, 1.82) is 0 Å². The predicted octanol–water partition coefficient (Wildman–Crippen LogP) is 8.40. The van der Waals surface area contributed by atoms with E-state index >= 15 is 0 Å². The fourth-order valence-corrected chi connectivity index (χ4v) is 5.87. The van der Waals surface area contributed by atoms with E-state index in [1.165, 1.54) is 38.5 Å². The minimum Gasteiger partial charge on any atom is -0.307 e. The highest BCUT2D eigenvalue weighted by Crippen LogP contribution is 2.54. The SMILES string of the molecule is CC1(C)c2ccc3c4ccccc4n(-c4ccccc4Cl)c3c2-c2cccc(Cl)c21. The second kappa shape index (κ2) is 6.14. The molecule has 0 N–H and O–H groups in total. The van der Waals surface area contributed by atoms with Gasteiger partial charge in [0.2, 0.25) is 0 Å². The van der Waals surface area contributed by atoms with E-state index in [1.54, 1.807) is 0 Å². The summed E-state index contributed by atoms with van der Waals surface area (Å²) in [6.45, 7) is 4.52. The van der Waals surface area contributed by atoms with Crippen LogP contribution in [0.1, 0.15) is 25.0 Å². The Kier molecular flexibility index (Phi) is 3.69. The first kappa shape index (κ1) is 18.1. The molecule has 1 aliphatic carbocycles. The van der Waals surface area contributed by atoms with Gasteiger partial charge in [0.25, 0.3) is 0 Å². The van der Waals surface area contributed by atoms with Crippen molar-refractivity contribution in [3.8, 4) is 16.8 Å². The average molecular weight is 428 g/mol. The summed E-state index contributed by atoms with van der Waals surface area (Å²) in [5.74, 6) is 0. The fourth-order valence-electron chi connectivity index (χ4n) is 5.24. The van der Waals surface area contributed by atoms with Crippen molar-refractivity contribution >= 4 is 45.0 Å². The van der Waals surface area contributed by atoms with Crippen molar-refractivity contribution in [1.82, 2.24) is 4.57 Å². The molecule has 0 unspecified atom stereocenters. The molecule has 0 atom stereocenters. The molecule has 3 heteroatoms. The van der Waals surface area contributed by atoms with Crippen LogP contribution >= 0.6 is 23.2 Å². The maximum absolute atomic E-state index is 6.73. The third-order valence-electron chi connectivity index (χ3n) is 6.51. The van der Waals surface area contributed by atoms with Crippen LogP contribution in [0.25, 0.3) is 38.6 Å². The third kappa shape index (κ3) is 2.20. The average Bonchev–Trinajstić information content (AvgIpc) is 3.19. The third-order valence-corrected chi connectivity index (χ3v) is 7.15. The van der Waals surface area contributed by atoms with Crippen LogP contribution < -0.4 is 0 Å². The van der Waals surface area contributed by atoms with Gasteiger partial charge in [0.05, 0.1) is 21.7 Å². The van der Waals surface area contributed by atoms with E-state index in [1.807, 2.05) is 30.3 Å². The van der Waals surface area contributed by atoms with Crippen LogP contribution in [0, 0.1) is 0 Å². The molecular formula is C27H19Cl2N. The number of fused-ring (bicyclic) bond motifs is 7. The summed E-state index contributed by atoms with van der Waals surface area (Å²) in [6.07, 6.45) is 0. The molecule has 1 heterocycles. The van der Waals surface area contributed by atoms with Gasteiger partial charge in [-0.3, -0.25) is 0 Å². The Morgan fingerprint density at radius 3 is 2.27 bits per heavy atom. The lowest BCUT2D eigenvalue weighted by Gasteiger charge is -2.22. The van der Waals surface area contributed by atoms with Crippen molar-refractivity contribution in [3.63, 3.8) is 0 Å². The van der Waals surface area contributed by atoms with Gasteiger partial charge in [-0.1, -0.05) is 91.6 Å². The Morgan fingerprint density at radius 1 is 0.700 bits per heavy atom. The summed E-state index contributed by atoms with van der Waals surface area (Å²) >= 11 is 13.4. The topological polar surface area (TPSA) is 4.93 Å². The molecule has 0 aliphatic heterocycles. The Morgan fingerprint density at radius 2 is 1.43 bits per heavy atom. The number of halogens is 2. The maximum atomic E-state index is 6.73. The smallest absolute Gasteiger partial charge is 0.0648 e. The van der Waals surface area contributed by atoms with Crippen LogP contribution in [-0.4, -0.2) is 4.57 Å². The first-order valence-corrected chi connectivity index (χ1v) is 10.9. The fraction of sp³-hybridized carbons (Fsp3) is 0.111. The van der Waals surface area contributed by atoms with Crippen molar-refractivity contribution in [3.05, 3.63) is 100 Å². The summed E-state index contributed by atoms with van der Waals surface area (Å²) in [5.41, 5.74) is 8.14. The van der Waals surface area contributed by atoms with Gasteiger partial charge in [-0.25, -0.2) is 0 Å². The number of hydrogen-bond donors (Lipinski definition) is 0. The zero-order valence-electron chi connectivity index (χ0n) is 16.7. The highest BCUT2D eigenvalue weighted by atomic mass is 35.5. The van der Waals surface area contributed by atoms with Crippen molar-refractivity contribution in [2.24, 2.45) is 0 Å². The van der Waals surface area contributed by atoms with Gasteiger partial charge >= 0.3 is 0 Å². The molecule has 4 aromatic carbocycles. The highest BCUT2D eigenvalue weighted by Gasteiger charge is 2.39. The van der Waals surface area contributed by atoms with Gasteiger partial charge < -0.3 is 4.57 Å². The molecule has 0 radical (unpaired) electrons. The van der Waals surface area contributed by atoms with Gasteiger partial charge in [0, 0.05) is 26.8 Å². The van der Waals surface area contributed by atoms with E-state index in [4.69, 9.17) is 23.2 Å². The van der Waals surface area contributed by atoms with Gasteiger partial charge in [0.1, 0.15) is 0 Å². The van der Waals surface area contributed by atoms with E-state index in [0.717, 1.165) is 21.2 Å². The predicted molar refractivity (Wildman–Crippen MR) is 128 cm³/mol.